The molecule has 0 aliphatic rings. The van der Waals surface area contributed by atoms with Crippen molar-refractivity contribution < 1.29 is 37.3 Å². The number of alkyl halides is 2. The maximum Gasteiger partial charge on any atom is 0.415 e. The van der Waals surface area contributed by atoms with E-state index in [0.717, 1.165) is 18.1 Å². The Hall–Kier alpha value is -3.50. The number of anilines is 1. The van der Waals surface area contributed by atoms with Crippen LogP contribution in [0.2, 0.25) is 0 Å². The van der Waals surface area contributed by atoms with Crippen molar-refractivity contribution >= 4 is 17.7 Å². The summed E-state index contributed by atoms with van der Waals surface area (Å²) in [5, 5.41) is 7.07. The van der Waals surface area contributed by atoms with E-state index < -0.39 is 30.2 Å². The minimum absolute atomic E-state index is 0.106. The van der Waals surface area contributed by atoms with Crippen molar-refractivity contribution in [2.75, 3.05) is 19.1 Å². The summed E-state index contributed by atoms with van der Waals surface area (Å²) in [6, 6.07) is 7.77. The molecule has 0 spiro atoms. The molecule has 1 amide bonds. The molecular formula is C20H23F2N3O6. The molecular weight excluding hydrogens is 416 g/mol. The number of hydrogen-bond acceptors (Lipinski definition) is 8. The van der Waals surface area contributed by atoms with Gasteiger partial charge in [-0.1, -0.05) is 12.1 Å². The zero-order chi connectivity index (χ0) is 23.2. The van der Waals surface area contributed by atoms with Crippen molar-refractivity contribution in [3.05, 3.63) is 41.6 Å². The summed E-state index contributed by atoms with van der Waals surface area (Å²) < 4.78 is 45.4. The monoisotopic (exact) mass is 439 g/mol. The Labute approximate surface area is 177 Å². The van der Waals surface area contributed by atoms with E-state index in [1.165, 1.54) is 7.11 Å². The Morgan fingerprint density at radius 1 is 1.10 bits per heavy atom. The normalized spacial score (nSPS) is 11.1. The molecule has 9 nitrogen and oxygen atoms in total. The number of benzene rings is 1. The van der Waals surface area contributed by atoms with Gasteiger partial charge in [0.1, 0.15) is 17.0 Å². The van der Waals surface area contributed by atoms with Gasteiger partial charge in [0.05, 0.1) is 20.8 Å². The lowest BCUT2D eigenvalue weighted by Crippen LogP contribution is -2.37. The van der Waals surface area contributed by atoms with Gasteiger partial charge in [0, 0.05) is 6.07 Å². The van der Waals surface area contributed by atoms with Crippen molar-refractivity contribution in [1.82, 2.24) is 10.2 Å². The maximum atomic E-state index is 12.9. The number of esters is 1. The number of carbonyl (C=O) groups is 2. The van der Waals surface area contributed by atoms with Gasteiger partial charge in [-0.25, -0.2) is 9.59 Å². The Bertz CT molecular complexity index is 916. The number of hydrogen-bond donors (Lipinski definition) is 0. The molecule has 0 fully saturated rings. The smallest absolute Gasteiger partial charge is 0.415 e. The molecule has 31 heavy (non-hydrogen) atoms. The second-order valence-electron chi connectivity index (χ2n) is 7.20. The summed E-state index contributed by atoms with van der Waals surface area (Å²) in [4.78, 5) is 25.9. The SMILES string of the molecule is COC(=O)c1cc(N(Cc2ccc(OC)cc2)C(=O)OC(C)(C)C)c(OC(F)F)nn1. The minimum atomic E-state index is -3.24. The second kappa shape index (κ2) is 10.0. The predicted octanol–water partition coefficient (Wildman–Crippen LogP) is 3.81. The number of ether oxygens (including phenoxy) is 4. The van der Waals surface area contributed by atoms with Crippen LogP contribution in [0.3, 0.4) is 0 Å². The molecule has 0 N–H and O–H groups in total. The maximum absolute atomic E-state index is 12.9. The van der Waals surface area contributed by atoms with E-state index in [1.807, 2.05) is 0 Å². The first-order chi connectivity index (χ1) is 14.5. The lowest BCUT2D eigenvalue weighted by Gasteiger charge is -2.28. The van der Waals surface area contributed by atoms with E-state index in [9.17, 15) is 18.4 Å². The highest BCUT2D eigenvalue weighted by Crippen LogP contribution is 2.31. The summed E-state index contributed by atoms with van der Waals surface area (Å²) in [5.41, 5.74) is -0.806. The highest BCUT2D eigenvalue weighted by Gasteiger charge is 2.29. The molecule has 1 aromatic carbocycles. The third-order valence-electron chi connectivity index (χ3n) is 3.74. The molecule has 1 aromatic heterocycles. The third kappa shape index (κ3) is 6.76. The number of methoxy groups -OCH3 is 2. The van der Waals surface area contributed by atoms with Gasteiger partial charge < -0.3 is 18.9 Å². The van der Waals surface area contributed by atoms with E-state index in [0.29, 0.717) is 11.3 Å². The highest BCUT2D eigenvalue weighted by atomic mass is 19.3. The Morgan fingerprint density at radius 2 is 1.74 bits per heavy atom. The Kier molecular flexibility index (Phi) is 7.67. The van der Waals surface area contributed by atoms with Crippen LogP contribution in [0, 0.1) is 0 Å². The van der Waals surface area contributed by atoms with Crippen LogP contribution in [-0.2, 0) is 16.0 Å². The largest absolute Gasteiger partial charge is 0.497 e. The molecule has 0 atom stereocenters. The van der Waals surface area contributed by atoms with Crippen LogP contribution in [0.15, 0.2) is 30.3 Å². The first-order valence-electron chi connectivity index (χ1n) is 9.08. The standard InChI is InChI=1S/C20H23F2N3O6/c1-20(2,3)31-19(27)25(11-12-6-8-13(28-4)9-7-12)15-10-14(17(26)29-5)23-24-16(15)30-18(21)22/h6-10,18H,11H2,1-5H3. The summed E-state index contributed by atoms with van der Waals surface area (Å²) >= 11 is 0. The third-order valence-corrected chi connectivity index (χ3v) is 3.74. The Balaban J connectivity index is 2.56. The van der Waals surface area contributed by atoms with Crippen LogP contribution in [-0.4, -0.2) is 48.7 Å². The van der Waals surface area contributed by atoms with Crippen molar-refractivity contribution in [2.45, 2.75) is 39.5 Å². The van der Waals surface area contributed by atoms with Gasteiger partial charge in [-0.15, -0.1) is 10.2 Å². The second-order valence-corrected chi connectivity index (χ2v) is 7.20. The number of halogens is 2. The van der Waals surface area contributed by atoms with Gasteiger partial charge in [-0.2, -0.15) is 8.78 Å². The summed E-state index contributed by atoms with van der Waals surface area (Å²) in [7, 11) is 2.63. The molecule has 0 saturated carbocycles. The van der Waals surface area contributed by atoms with Gasteiger partial charge in [-0.05, 0) is 38.5 Å². The fourth-order valence-corrected chi connectivity index (χ4v) is 2.42. The molecule has 2 rings (SSSR count). The molecule has 1 heterocycles. The quantitative estimate of drug-likeness (QED) is 0.601. The van der Waals surface area contributed by atoms with Gasteiger partial charge in [0.25, 0.3) is 5.88 Å². The summed E-state index contributed by atoms with van der Waals surface area (Å²) in [6.07, 6.45) is -0.869. The molecule has 11 heteroatoms. The number of carbonyl (C=O) groups excluding carboxylic acids is 2. The number of amides is 1. The highest BCUT2D eigenvalue weighted by molar-refractivity contribution is 5.93. The van der Waals surface area contributed by atoms with Crippen molar-refractivity contribution in [1.29, 1.82) is 0 Å². The van der Waals surface area contributed by atoms with E-state index in [-0.39, 0.29) is 17.9 Å². The first kappa shape index (κ1) is 23.8. The minimum Gasteiger partial charge on any atom is -0.497 e. The van der Waals surface area contributed by atoms with E-state index in [2.05, 4.69) is 19.7 Å². The molecule has 168 valence electrons. The van der Waals surface area contributed by atoms with Crippen LogP contribution in [0.1, 0.15) is 36.8 Å². The summed E-state index contributed by atoms with van der Waals surface area (Å²) in [6.45, 7) is 1.61. The van der Waals surface area contributed by atoms with E-state index in [1.54, 1.807) is 45.0 Å². The average molecular weight is 439 g/mol. The van der Waals surface area contributed by atoms with E-state index in [4.69, 9.17) is 9.47 Å². The topological polar surface area (TPSA) is 100 Å². The number of aromatic nitrogens is 2. The number of rotatable bonds is 7. The van der Waals surface area contributed by atoms with Crippen molar-refractivity contribution in [3.8, 4) is 11.6 Å². The van der Waals surface area contributed by atoms with Gasteiger partial charge in [0.2, 0.25) is 0 Å². The number of nitrogens with zero attached hydrogens (tertiary/aromatic N) is 3. The van der Waals surface area contributed by atoms with Crippen molar-refractivity contribution in [3.63, 3.8) is 0 Å². The molecule has 2 aromatic rings. The van der Waals surface area contributed by atoms with Crippen LogP contribution in [0.4, 0.5) is 19.3 Å². The van der Waals surface area contributed by atoms with Crippen LogP contribution < -0.4 is 14.4 Å². The first-order valence-corrected chi connectivity index (χ1v) is 9.08. The molecule has 0 radical (unpaired) electrons. The van der Waals surface area contributed by atoms with E-state index >= 15 is 0 Å². The fourth-order valence-electron chi connectivity index (χ4n) is 2.42. The summed E-state index contributed by atoms with van der Waals surface area (Å²) in [5.74, 6) is -0.930. The molecule has 0 unspecified atom stereocenters. The van der Waals surface area contributed by atoms with Crippen molar-refractivity contribution in [2.24, 2.45) is 0 Å². The lowest BCUT2D eigenvalue weighted by atomic mass is 10.2. The molecule has 0 bridgehead atoms. The zero-order valence-corrected chi connectivity index (χ0v) is 17.7. The predicted molar refractivity (Wildman–Crippen MR) is 105 cm³/mol. The van der Waals surface area contributed by atoms with Gasteiger partial charge in [0.15, 0.2) is 5.69 Å². The molecule has 0 saturated heterocycles. The molecule has 0 aliphatic heterocycles. The van der Waals surface area contributed by atoms with Crippen LogP contribution in [0.5, 0.6) is 11.6 Å². The Morgan fingerprint density at radius 3 is 2.26 bits per heavy atom. The van der Waals surface area contributed by atoms with Gasteiger partial charge in [-0.3, -0.25) is 4.90 Å². The van der Waals surface area contributed by atoms with Crippen LogP contribution >= 0.6 is 0 Å². The average Bonchev–Trinajstić information content (AvgIpc) is 2.70. The molecule has 0 aliphatic carbocycles. The van der Waals surface area contributed by atoms with Crippen LogP contribution in [0.25, 0.3) is 0 Å². The lowest BCUT2D eigenvalue weighted by molar-refractivity contribution is -0.0531. The fraction of sp³-hybridized carbons (Fsp3) is 0.400. The zero-order valence-electron chi connectivity index (χ0n) is 17.7. The van der Waals surface area contributed by atoms with Gasteiger partial charge >= 0.3 is 18.7 Å².